The van der Waals surface area contributed by atoms with Crippen molar-refractivity contribution in [3.8, 4) is 0 Å². The van der Waals surface area contributed by atoms with E-state index in [0.717, 1.165) is 32.6 Å². The van der Waals surface area contributed by atoms with Gasteiger partial charge in [-0.1, -0.05) is 6.07 Å². The number of carbonyl (C=O) groups is 1. The van der Waals surface area contributed by atoms with Gasteiger partial charge in [0.1, 0.15) is 0 Å². The Kier molecular flexibility index (Phi) is 3.64. The van der Waals surface area contributed by atoms with Crippen molar-refractivity contribution < 1.29 is 4.79 Å². The van der Waals surface area contributed by atoms with Gasteiger partial charge in [0.05, 0.1) is 0 Å². The Morgan fingerprint density at radius 3 is 2.82 bits per heavy atom. The van der Waals surface area contributed by atoms with E-state index in [1.165, 1.54) is 0 Å². The topological polar surface area (TPSA) is 49.6 Å². The first kappa shape index (κ1) is 11.9. The molecule has 92 valence electrons. The third-order valence-electron chi connectivity index (χ3n) is 3.14. The summed E-state index contributed by atoms with van der Waals surface area (Å²) in [5.74, 6) is 0.0904. The van der Waals surface area contributed by atoms with Gasteiger partial charge in [-0.2, -0.15) is 0 Å². The molecule has 0 aliphatic carbocycles. The summed E-state index contributed by atoms with van der Waals surface area (Å²) < 4.78 is 0. The van der Waals surface area contributed by atoms with Gasteiger partial charge in [0.2, 0.25) is 0 Å². The summed E-state index contributed by atoms with van der Waals surface area (Å²) in [5, 5.41) is 0. The maximum Gasteiger partial charge on any atom is 0.253 e. The average molecular weight is 233 g/mol. The van der Waals surface area contributed by atoms with Gasteiger partial charge in [0.25, 0.3) is 5.91 Å². The van der Waals surface area contributed by atoms with E-state index in [2.05, 4.69) is 11.9 Å². The number of likely N-dealkylation sites (N-methyl/N-ethyl adjacent to an activating group) is 1. The lowest BCUT2D eigenvalue weighted by molar-refractivity contribution is 0.0763. The number of benzene rings is 1. The second kappa shape index (κ2) is 5.19. The van der Waals surface area contributed by atoms with E-state index < -0.39 is 0 Å². The minimum absolute atomic E-state index is 0.0904. The molecule has 17 heavy (non-hydrogen) atoms. The Labute approximate surface area is 102 Å². The molecule has 2 N–H and O–H groups in total. The van der Waals surface area contributed by atoms with E-state index in [4.69, 9.17) is 5.73 Å². The van der Waals surface area contributed by atoms with Crippen LogP contribution in [0.2, 0.25) is 0 Å². The molecule has 1 aromatic rings. The molecule has 0 bridgehead atoms. The lowest BCUT2D eigenvalue weighted by Crippen LogP contribution is -2.34. The van der Waals surface area contributed by atoms with Gasteiger partial charge in [-0.05, 0) is 38.2 Å². The zero-order valence-electron chi connectivity index (χ0n) is 10.2. The lowest BCUT2D eigenvalue weighted by atomic mass is 10.1. The molecule has 0 atom stereocenters. The molecule has 1 aromatic carbocycles. The van der Waals surface area contributed by atoms with Crippen LogP contribution >= 0.6 is 0 Å². The van der Waals surface area contributed by atoms with Crippen LogP contribution in [0.3, 0.4) is 0 Å². The fraction of sp³-hybridized carbons (Fsp3) is 0.462. The first-order valence-corrected chi connectivity index (χ1v) is 6.00. The Hall–Kier alpha value is -1.55. The molecule has 0 spiro atoms. The van der Waals surface area contributed by atoms with E-state index >= 15 is 0 Å². The van der Waals surface area contributed by atoms with Crippen molar-refractivity contribution in [3.63, 3.8) is 0 Å². The molecule has 4 nitrogen and oxygen atoms in total. The molecule has 0 saturated carbocycles. The van der Waals surface area contributed by atoms with Crippen molar-refractivity contribution >= 4 is 11.6 Å². The number of nitrogen functional groups attached to an aromatic ring is 1. The van der Waals surface area contributed by atoms with Crippen LogP contribution < -0.4 is 5.73 Å². The van der Waals surface area contributed by atoms with Crippen molar-refractivity contribution in [3.05, 3.63) is 29.8 Å². The van der Waals surface area contributed by atoms with Crippen molar-refractivity contribution in [2.75, 3.05) is 39.0 Å². The summed E-state index contributed by atoms with van der Waals surface area (Å²) in [7, 11) is 2.09. The SMILES string of the molecule is CN1CCCN(C(=O)c2cccc(N)c2)CC1. The first-order chi connectivity index (χ1) is 8.16. The van der Waals surface area contributed by atoms with E-state index in [1.807, 2.05) is 17.0 Å². The smallest absolute Gasteiger partial charge is 0.253 e. The third kappa shape index (κ3) is 2.97. The summed E-state index contributed by atoms with van der Waals surface area (Å²) >= 11 is 0. The number of rotatable bonds is 1. The summed E-state index contributed by atoms with van der Waals surface area (Å²) in [6.45, 7) is 3.62. The van der Waals surface area contributed by atoms with Crippen LogP contribution in [0, 0.1) is 0 Å². The molecule has 2 rings (SSSR count). The maximum atomic E-state index is 12.3. The first-order valence-electron chi connectivity index (χ1n) is 6.00. The second-order valence-electron chi connectivity index (χ2n) is 4.57. The highest BCUT2D eigenvalue weighted by Crippen LogP contribution is 2.11. The minimum atomic E-state index is 0.0904. The van der Waals surface area contributed by atoms with Crippen molar-refractivity contribution in [2.45, 2.75) is 6.42 Å². The highest BCUT2D eigenvalue weighted by molar-refractivity contribution is 5.95. The van der Waals surface area contributed by atoms with Gasteiger partial charge in [-0.15, -0.1) is 0 Å². The molecule has 4 heteroatoms. The predicted molar refractivity (Wildman–Crippen MR) is 68.9 cm³/mol. The van der Waals surface area contributed by atoms with E-state index in [9.17, 15) is 4.79 Å². The maximum absolute atomic E-state index is 12.3. The number of carbonyl (C=O) groups excluding carboxylic acids is 1. The fourth-order valence-corrected chi connectivity index (χ4v) is 2.10. The molecule has 1 aliphatic heterocycles. The molecule has 0 radical (unpaired) electrons. The molecule has 1 amide bonds. The summed E-state index contributed by atoms with van der Waals surface area (Å²) in [6, 6.07) is 7.20. The molecule has 0 unspecified atom stereocenters. The van der Waals surface area contributed by atoms with Gasteiger partial charge in [0, 0.05) is 30.9 Å². The number of nitrogens with zero attached hydrogens (tertiary/aromatic N) is 2. The zero-order valence-corrected chi connectivity index (χ0v) is 10.2. The molecule has 1 aliphatic rings. The Morgan fingerprint density at radius 1 is 1.24 bits per heavy atom. The van der Waals surface area contributed by atoms with Crippen LogP contribution in [0.15, 0.2) is 24.3 Å². The van der Waals surface area contributed by atoms with Crippen LogP contribution in [0.25, 0.3) is 0 Å². The van der Waals surface area contributed by atoms with Crippen LogP contribution in [-0.2, 0) is 0 Å². The van der Waals surface area contributed by atoms with Gasteiger partial charge < -0.3 is 15.5 Å². The number of hydrogen-bond donors (Lipinski definition) is 1. The summed E-state index contributed by atoms with van der Waals surface area (Å²) in [6.07, 6.45) is 1.03. The van der Waals surface area contributed by atoms with Crippen molar-refractivity contribution in [2.24, 2.45) is 0 Å². The zero-order chi connectivity index (χ0) is 12.3. The summed E-state index contributed by atoms with van der Waals surface area (Å²) in [5.41, 5.74) is 7.03. The highest BCUT2D eigenvalue weighted by Gasteiger charge is 2.18. The second-order valence-corrected chi connectivity index (χ2v) is 4.57. The number of nitrogens with two attached hydrogens (primary N) is 1. The van der Waals surface area contributed by atoms with Crippen molar-refractivity contribution in [1.29, 1.82) is 0 Å². The Bertz CT molecular complexity index is 405. The standard InChI is InChI=1S/C13H19N3O/c1-15-6-3-7-16(9-8-15)13(17)11-4-2-5-12(14)10-11/h2,4-5,10H,3,6-9,14H2,1H3. The Balaban J connectivity index is 2.09. The number of anilines is 1. The predicted octanol–water partition coefficient (Wildman–Crippen LogP) is 1.05. The number of hydrogen-bond acceptors (Lipinski definition) is 3. The molecular weight excluding hydrogens is 214 g/mol. The van der Waals surface area contributed by atoms with Gasteiger partial charge in [-0.3, -0.25) is 4.79 Å². The largest absolute Gasteiger partial charge is 0.399 e. The van der Waals surface area contributed by atoms with Crippen molar-refractivity contribution in [1.82, 2.24) is 9.80 Å². The van der Waals surface area contributed by atoms with Gasteiger partial charge in [-0.25, -0.2) is 0 Å². The molecule has 1 heterocycles. The van der Waals surface area contributed by atoms with Crippen LogP contribution in [0.4, 0.5) is 5.69 Å². The average Bonchev–Trinajstić information content (AvgIpc) is 2.53. The van der Waals surface area contributed by atoms with E-state index in [-0.39, 0.29) is 5.91 Å². The summed E-state index contributed by atoms with van der Waals surface area (Å²) in [4.78, 5) is 16.4. The molecule has 0 aromatic heterocycles. The quantitative estimate of drug-likeness (QED) is 0.738. The molecule has 1 saturated heterocycles. The van der Waals surface area contributed by atoms with Crippen LogP contribution in [0.5, 0.6) is 0 Å². The lowest BCUT2D eigenvalue weighted by Gasteiger charge is -2.20. The van der Waals surface area contributed by atoms with E-state index in [1.54, 1.807) is 12.1 Å². The van der Waals surface area contributed by atoms with Crippen LogP contribution in [0.1, 0.15) is 16.8 Å². The third-order valence-corrected chi connectivity index (χ3v) is 3.14. The Morgan fingerprint density at radius 2 is 2.06 bits per heavy atom. The van der Waals surface area contributed by atoms with Gasteiger partial charge >= 0.3 is 0 Å². The minimum Gasteiger partial charge on any atom is -0.399 e. The fourth-order valence-electron chi connectivity index (χ4n) is 2.10. The van der Waals surface area contributed by atoms with E-state index in [0.29, 0.717) is 11.3 Å². The number of amides is 1. The van der Waals surface area contributed by atoms with Crippen LogP contribution in [-0.4, -0.2) is 48.9 Å². The normalized spacial score (nSPS) is 17.8. The highest BCUT2D eigenvalue weighted by atomic mass is 16.2. The molecule has 1 fully saturated rings. The monoisotopic (exact) mass is 233 g/mol. The van der Waals surface area contributed by atoms with Gasteiger partial charge in [0.15, 0.2) is 0 Å². The molecular formula is C13H19N3O.